The van der Waals surface area contributed by atoms with E-state index >= 15 is 0 Å². The van der Waals surface area contributed by atoms with E-state index in [2.05, 4.69) is 0 Å². The van der Waals surface area contributed by atoms with Crippen LogP contribution in [0.4, 0.5) is 18.9 Å². The molecule has 0 aromatic heterocycles. The quantitative estimate of drug-likeness (QED) is 0.172. The van der Waals surface area contributed by atoms with Crippen molar-refractivity contribution in [2.45, 2.75) is 20.0 Å². The Balaban J connectivity index is 2.12. The van der Waals surface area contributed by atoms with Crippen LogP contribution >= 0.6 is 0 Å². The van der Waals surface area contributed by atoms with Crippen LogP contribution in [-0.4, -0.2) is 63.7 Å². The molecular formula is C19H26F3NO8. The molecule has 0 fully saturated rings. The smallest absolute Gasteiger partial charge is 0.423 e. The van der Waals surface area contributed by atoms with Crippen LogP contribution in [-0.2, 0) is 29.9 Å². The molecule has 0 spiro atoms. The summed E-state index contributed by atoms with van der Waals surface area (Å²) in [6.07, 6.45) is -4.87. The Kier molecular flexibility index (Phi) is 11.8. The maximum absolute atomic E-state index is 12.9. The number of nitro benzene ring substituents is 1. The fourth-order valence-electron chi connectivity index (χ4n) is 2.11. The van der Waals surface area contributed by atoms with E-state index in [-0.39, 0.29) is 57.9 Å². The van der Waals surface area contributed by atoms with Gasteiger partial charge in [-0.1, -0.05) is 13.8 Å². The maximum atomic E-state index is 12.9. The number of nitro groups is 1. The lowest BCUT2D eigenvalue weighted by Crippen LogP contribution is -2.18. The third-order valence-electron chi connectivity index (χ3n) is 3.51. The van der Waals surface area contributed by atoms with Gasteiger partial charge in [-0.2, -0.15) is 13.2 Å². The van der Waals surface area contributed by atoms with Crippen molar-refractivity contribution >= 4 is 11.7 Å². The summed E-state index contributed by atoms with van der Waals surface area (Å²) in [5.41, 5.74) is -2.41. The lowest BCUT2D eigenvalue weighted by atomic mass is 10.1. The van der Waals surface area contributed by atoms with Crippen LogP contribution < -0.4 is 4.74 Å². The molecule has 0 amide bonds. The first-order chi connectivity index (χ1) is 14.6. The Morgan fingerprint density at radius 2 is 1.61 bits per heavy atom. The molecule has 0 aliphatic rings. The average Bonchev–Trinajstić information content (AvgIpc) is 2.69. The minimum Gasteiger partial charge on any atom is -0.491 e. The van der Waals surface area contributed by atoms with Crippen molar-refractivity contribution in [2.75, 3.05) is 52.9 Å². The Morgan fingerprint density at radius 3 is 2.16 bits per heavy atom. The first-order valence-corrected chi connectivity index (χ1v) is 9.48. The van der Waals surface area contributed by atoms with Crippen molar-refractivity contribution in [1.29, 1.82) is 0 Å². The molecule has 1 aromatic carbocycles. The highest BCUT2D eigenvalue weighted by Crippen LogP contribution is 2.38. The summed E-state index contributed by atoms with van der Waals surface area (Å²) in [5.74, 6) is -0.335. The summed E-state index contributed by atoms with van der Waals surface area (Å²) >= 11 is 0. The molecule has 31 heavy (non-hydrogen) atoms. The molecule has 0 radical (unpaired) electrons. The zero-order valence-corrected chi connectivity index (χ0v) is 17.3. The highest BCUT2D eigenvalue weighted by atomic mass is 19.4. The molecule has 0 aliphatic carbocycles. The third kappa shape index (κ3) is 11.5. The summed E-state index contributed by atoms with van der Waals surface area (Å²) in [6.45, 7) is 5.00. The summed E-state index contributed by atoms with van der Waals surface area (Å²) in [6, 6.07) is 2.42. The van der Waals surface area contributed by atoms with E-state index in [0.29, 0.717) is 12.7 Å². The fourth-order valence-corrected chi connectivity index (χ4v) is 2.11. The summed E-state index contributed by atoms with van der Waals surface area (Å²) in [5, 5.41) is 10.7. The number of rotatable bonds is 15. The van der Waals surface area contributed by atoms with E-state index in [1.54, 1.807) is 0 Å². The van der Waals surface area contributed by atoms with Crippen LogP contribution in [0.15, 0.2) is 18.2 Å². The van der Waals surface area contributed by atoms with Crippen LogP contribution in [0.2, 0.25) is 0 Å². The predicted molar refractivity (Wildman–Crippen MR) is 102 cm³/mol. The predicted octanol–water partition coefficient (Wildman–Crippen LogP) is 3.24. The van der Waals surface area contributed by atoms with E-state index in [9.17, 15) is 28.1 Å². The topological polar surface area (TPSA) is 106 Å². The van der Waals surface area contributed by atoms with Crippen LogP contribution in [0.5, 0.6) is 5.75 Å². The number of esters is 1. The molecule has 0 aliphatic heterocycles. The fraction of sp³-hybridized carbons (Fsp3) is 0.632. The van der Waals surface area contributed by atoms with Gasteiger partial charge in [-0.05, 0) is 18.1 Å². The van der Waals surface area contributed by atoms with Crippen molar-refractivity contribution in [1.82, 2.24) is 0 Å². The van der Waals surface area contributed by atoms with Gasteiger partial charge in [0.2, 0.25) is 0 Å². The number of alkyl halides is 3. The zero-order chi connectivity index (χ0) is 23.3. The molecule has 0 atom stereocenters. The second kappa shape index (κ2) is 13.8. The first kappa shape index (κ1) is 26.6. The van der Waals surface area contributed by atoms with Crippen molar-refractivity contribution in [3.05, 3.63) is 33.9 Å². The molecule has 0 saturated heterocycles. The highest BCUT2D eigenvalue weighted by molar-refractivity contribution is 5.70. The number of benzene rings is 1. The van der Waals surface area contributed by atoms with Crippen molar-refractivity contribution in [3.63, 3.8) is 0 Å². The molecular weight excluding hydrogens is 427 g/mol. The summed E-state index contributed by atoms with van der Waals surface area (Å²) < 4.78 is 64.3. The van der Waals surface area contributed by atoms with Crippen molar-refractivity contribution in [3.8, 4) is 5.75 Å². The van der Waals surface area contributed by atoms with Crippen LogP contribution in [0.3, 0.4) is 0 Å². The van der Waals surface area contributed by atoms with Gasteiger partial charge in [0.15, 0.2) is 0 Å². The largest absolute Gasteiger partial charge is 0.491 e. The molecule has 0 heterocycles. The van der Waals surface area contributed by atoms with Gasteiger partial charge in [0, 0.05) is 6.07 Å². The number of ether oxygens (including phenoxy) is 5. The van der Waals surface area contributed by atoms with Gasteiger partial charge in [-0.15, -0.1) is 0 Å². The molecule has 0 N–H and O–H groups in total. The monoisotopic (exact) mass is 453 g/mol. The van der Waals surface area contributed by atoms with Gasteiger partial charge < -0.3 is 23.7 Å². The normalized spacial score (nSPS) is 11.5. The Morgan fingerprint density at radius 1 is 1.03 bits per heavy atom. The van der Waals surface area contributed by atoms with E-state index in [1.807, 2.05) is 13.8 Å². The lowest BCUT2D eigenvalue weighted by Gasteiger charge is -2.11. The van der Waals surface area contributed by atoms with Gasteiger partial charge in [-0.3, -0.25) is 10.1 Å². The van der Waals surface area contributed by atoms with Gasteiger partial charge in [-0.25, -0.2) is 4.79 Å². The number of carbonyl (C=O) groups excluding carboxylic acids is 1. The minimum atomic E-state index is -4.87. The molecule has 12 heteroatoms. The average molecular weight is 453 g/mol. The highest BCUT2D eigenvalue weighted by Gasteiger charge is 2.38. The van der Waals surface area contributed by atoms with E-state index in [0.717, 1.165) is 12.1 Å². The standard InChI is InChI=1S/C19H26F3NO8/c1-14(2)12-31-18(24)13-29-8-7-27-5-6-28-9-10-30-15-3-4-17(23(25)26)16(11-15)19(20,21)22/h3-4,11,14H,5-10,12-13H2,1-2H3. The molecule has 0 unspecified atom stereocenters. The minimum absolute atomic E-state index is 0.0449. The molecule has 0 saturated carbocycles. The van der Waals surface area contributed by atoms with E-state index in [4.69, 9.17) is 23.7 Å². The van der Waals surface area contributed by atoms with Gasteiger partial charge >= 0.3 is 12.1 Å². The van der Waals surface area contributed by atoms with Gasteiger partial charge in [0.1, 0.15) is 24.5 Å². The number of hydrogen-bond donors (Lipinski definition) is 0. The number of carbonyl (C=O) groups is 1. The van der Waals surface area contributed by atoms with Crippen LogP contribution in [0, 0.1) is 16.0 Å². The Hall–Kier alpha value is -2.44. The second-order valence-electron chi connectivity index (χ2n) is 6.64. The maximum Gasteiger partial charge on any atom is 0.423 e. The number of halogens is 3. The van der Waals surface area contributed by atoms with Crippen LogP contribution in [0.25, 0.3) is 0 Å². The molecule has 9 nitrogen and oxygen atoms in total. The molecule has 0 bridgehead atoms. The van der Waals surface area contributed by atoms with Crippen molar-refractivity contribution < 1.29 is 46.6 Å². The van der Waals surface area contributed by atoms with Crippen LogP contribution in [0.1, 0.15) is 19.4 Å². The number of hydrogen-bond acceptors (Lipinski definition) is 8. The van der Waals surface area contributed by atoms with Crippen molar-refractivity contribution in [2.24, 2.45) is 5.92 Å². The molecule has 1 rings (SSSR count). The SMILES string of the molecule is CC(C)COC(=O)COCCOCCOCCOc1ccc([N+](=O)[O-])c(C(F)(F)F)c1. The second-order valence-corrected chi connectivity index (χ2v) is 6.64. The van der Waals surface area contributed by atoms with E-state index < -0.39 is 28.3 Å². The van der Waals surface area contributed by atoms with E-state index in [1.165, 1.54) is 0 Å². The number of nitrogens with zero attached hydrogens (tertiary/aromatic N) is 1. The Labute approximate surface area is 177 Å². The van der Waals surface area contributed by atoms with Gasteiger partial charge in [0.25, 0.3) is 5.69 Å². The zero-order valence-electron chi connectivity index (χ0n) is 17.3. The molecule has 176 valence electrons. The third-order valence-corrected chi connectivity index (χ3v) is 3.51. The summed E-state index contributed by atoms with van der Waals surface area (Å²) in [7, 11) is 0. The van der Waals surface area contributed by atoms with Gasteiger partial charge in [0.05, 0.1) is 44.6 Å². The Bertz CT molecular complexity index is 697. The molecule has 1 aromatic rings. The first-order valence-electron chi connectivity index (χ1n) is 9.48. The summed E-state index contributed by atoms with van der Waals surface area (Å²) in [4.78, 5) is 20.9. The lowest BCUT2D eigenvalue weighted by molar-refractivity contribution is -0.388.